The Bertz CT molecular complexity index is 510. The number of aromatic amines is 1. The van der Waals surface area contributed by atoms with Crippen molar-refractivity contribution in [1.82, 2.24) is 9.97 Å². The maximum Gasteiger partial charge on any atom is 0.200 e. The zero-order valence-corrected chi connectivity index (χ0v) is 11.4. The predicted molar refractivity (Wildman–Crippen MR) is 75.3 cm³/mol. The normalized spacial score (nSPS) is 10.3. The van der Waals surface area contributed by atoms with E-state index in [0.717, 1.165) is 13.0 Å². The van der Waals surface area contributed by atoms with Crippen LogP contribution in [0.25, 0.3) is 0 Å². The molecule has 0 unspecified atom stereocenters. The van der Waals surface area contributed by atoms with Crippen LogP contribution < -0.4 is 5.32 Å². The Balaban J connectivity index is 1.84. The number of alkyl halides is 1. The van der Waals surface area contributed by atoms with Crippen LogP contribution in [0.5, 0.6) is 0 Å². The van der Waals surface area contributed by atoms with E-state index >= 15 is 0 Å². The van der Waals surface area contributed by atoms with Crippen LogP contribution in [0, 0.1) is 0 Å². The van der Waals surface area contributed by atoms with Gasteiger partial charge >= 0.3 is 0 Å². The highest BCUT2D eigenvalue weighted by atomic mass is 79.9. The number of hydrogen-bond acceptors (Lipinski definition) is 3. The van der Waals surface area contributed by atoms with Gasteiger partial charge in [-0.1, -0.05) is 46.3 Å². The number of anilines is 1. The van der Waals surface area contributed by atoms with Gasteiger partial charge in [0.15, 0.2) is 5.78 Å². The van der Waals surface area contributed by atoms with Gasteiger partial charge in [0.05, 0.1) is 11.5 Å². The highest BCUT2D eigenvalue weighted by Gasteiger charge is 2.07. The lowest BCUT2D eigenvalue weighted by molar-refractivity contribution is 0.101. The van der Waals surface area contributed by atoms with Gasteiger partial charge in [0.25, 0.3) is 0 Å². The summed E-state index contributed by atoms with van der Waals surface area (Å²) in [5.41, 5.74) is 1.79. The predicted octanol–water partition coefficient (Wildman–Crippen LogP) is 2.64. The minimum absolute atomic E-state index is 0.00129. The van der Waals surface area contributed by atoms with E-state index in [0.29, 0.717) is 17.0 Å². The van der Waals surface area contributed by atoms with Gasteiger partial charge in [0, 0.05) is 6.54 Å². The molecule has 1 heterocycles. The van der Waals surface area contributed by atoms with Gasteiger partial charge in [0.1, 0.15) is 5.69 Å². The Labute approximate surface area is 114 Å². The number of nitrogens with one attached hydrogen (secondary N) is 2. The second-order valence-electron chi connectivity index (χ2n) is 3.86. The summed E-state index contributed by atoms with van der Waals surface area (Å²) < 4.78 is 0. The SMILES string of the molecule is O=C(CBr)c1cnc(NCCc2ccccc2)[nH]1. The molecular formula is C13H14BrN3O. The Morgan fingerprint density at radius 3 is 2.83 bits per heavy atom. The van der Waals surface area contributed by atoms with Crippen molar-refractivity contribution in [3.8, 4) is 0 Å². The molecule has 0 aliphatic carbocycles. The van der Waals surface area contributed by atoms with Gasteiger partial charge in [-0.3, -0.25) is 4.79 Å². The molecule has 1 aromatic heterocycles. The van der Waals surface area contributed by atoms with Gasteiger partial charge in [-0.2, -0.15) is 0 Å². The maximum absolute atomic E-state index is 11.4. The number of imidazole rings is 1. The van der Waals surface area contributed by atoms with Crippen molar-refractivity contribution in [2.75, 3.05) is 17.2 Å². The second kappa shape index (κ2) is 6.35. The average Bonchev–Trinajstić information content (AvgIpc) is 2.88. The number of ketones is 1. The number of Topliss-reactive ketones (excluding diaryl/α,β-unsaturated/α-hetero) is 1. The summed E-state index contributed by atoms with van der Waals surface area (Å²) >= 11 is 3.13. The average molecular weight is 308 g/mol. The molecular weight excluding hydrogens is 294 g/mol. The van der Waals surface area contributed by atoms with Crippen LogP contribution in [0.2, 0.25) is 0 Å². The van der Waals surface area contributed by atoms with Gasteiger partial charge in [0.2, 0.25) is 5.95 Å². The highest BCUT2D eigenvalue weighted by Crippen LogP contribution is 2.05. The molecule has 0 aliphatic rings. The Morgan fingerprint density at radius 2 is 2.11 bits per heavy atom. The molecule has 0 spiro atoms. The number of H-pyrrole nitrogens is 1. The summed E-state index contributed by atoms with van der Waals surface area (Å²) in [6.07, 6.45) is 2.47. The van der Waals surface area contributed by atoms with E-state index in [1.807, 2.05) is 18.2 Å². The van der Waals surface area contributed by atoms with Crippen molar-refractivity contribution in [2.24, 2.45) is 0 Å². The first kappa shape index (κ1) is 12.8. The lowest BCUT2D eigenvalue weighted by Gasteiger charge is -2.02. The Hall–Kier alpha value is -1.62. The Morgan fingerprint density at radius 1 is 1.33 bits per heavy atom. The lowest BCUT2D eigenvalue weighted by Crippen LogP contribution is -2.06. The zero-order valence-electron chi connectivity index (χ0n) is 9.82. The van der Waals surface area contributed by atoms with Crippen molar-refractivity contribution in [3.63, 3.8) is 0 Å². The molecule has 0 atom stereocenters. The van der Waals surface area contributed by atoms with E-state index in [-0.39, 0.29) is 5.78 Å². The third-order valence-corrected chi connectivity index (χ3v) is 3.06. The summed E-state index contributed by atoms with van der Waals surface area (Å²) in [6.45, 7) is 0.777. The molecule has 5 heteroatoms. The minimum atomic E-state index is -0.00129. The van der Waals surface area contributed by atoms with E-state index < -0.39 is 0 Å². The molecule has 0 radical (unpaired) electrons. The summed E-state index contributed by atoms with van der Waals surface area (Å²) in [6, 6.07) is 10.2. The molecule has 0 bridgehead atoms. The smallest absolute Gasteiger partial charge is 0.200 e. The van der Waals surface area contributed by atoms with Crippen molar-refractivity contribution in [3.05, 3.63) is 47.8 Å². The van der Waals surface area contributed by atoms with Crippen LogP contribution >= 0.6 is 15.9 Å². The number of carbonyl (C=O) groups is 1. The molecule has 0 amide bonds. The third kappa shape index (κ3) is 3.43. The molecule has 2 rings (SSSR count). The molecule has 0 saturated heterocycles. The molecule has 4 nitrogen and oxygen atoms in total. The molecule has 0 fully saturated rings. The summed E-state index contributed by atoms with van der Waals surface area (Å²) in [4.78, 5) is 18.4. The van der Waals surface area contributed by atoms with Crippen molar-refractivity contribution in [2.45, 2.75) is 6.42 Å². The van der Waals surface area contributed by atoms with Crippen LogP contribution in [0.3, 0.4) is 0 Å². The van der Waals surface area contributed by atoms with Crippen LogP contribution in [-0.2, 0) is 6.42 Å². The Kier molecular flexibility index (Phi) is 4.52. The summed E-state index contributed by atoms with van der Waals surface area (Å²) in [7, 11) is 0. The highest BCUT2D eigenvalue weighted by molar-refractivity contribution is 9.09. The number of benzene rings is 1. The first-order valence-corrected chi connectivity index (χ1v) is 6.83. The van der Waals surface area contributed by atoms with E-state index in [1.54, 1.807) is 6.20 Å². The number of nitrogens with zero attached hydrogens (tertiary/aromatic N) is 1. The standard InChI is InChI=1S/C13H14BrN3O/c14-8-12(18)11-9-16-13(17-11)15-7-6-10-4-2-1-3-5-10/h1-5,9H,6-8H2,(H2,15,16,17). The van der Waals surface area contributed by atoms with E-state index in [1.165, 1.54) is 5.56 Å². The molecule has 2 N–H and O–H groups in total. The monoisotopic (exact) mass is 307 g/mol. The van der Waals surface area contributed by atoms with Gasteiger partial charge < -0.3 is 10.3 Å². The first-order chi connectivity index (χ1) is 8.79. The van der Waals surface area contributed by atoms with Crippen molar-refractivity contribution < 1.29 is 4.79 Å². The third-order valence-electron chi connectivity index (χ3n) is 2.55. The molecule has 1 aromatic carbocycles. The first-order valence-electron chi connectivity index (χ1n) is 5.71. The molecule has 94 valence electrons. The fraction of sp³-hybridized carbons (Fsp3) is 0.231. The van der Waals surface area contributed by atoms with Crippen LogP contribution in [0.1, 0.15) is 16.1 Å². The number of aromatic nitrogens is 2. The van der Waals surface area contributed by atoms with E-state index in [2.05, 4.69) is 43.3 Å². The maximum atomic E-state index is 11.4. The topological polar surface area (TPSA) is 57.8 Å². The number of hydrogen-bond donors (Lipinski definition) is 2. The van der Waals surface area contributed by atoms with E-state index in [4.69, 9.17) is 0 Å². The minimum Gasteiger partial charge on any atom is -0.355 e. The molecule has 0 saturated carbocycles. The van der Waals surface area contributed by atoms with E-state index in [9.17, 15) is 4.79 Å². The number of rotatable bonds is 6. The molecule has 18 heavy (non-hydrogen) atoms. The fourth-order valence-electron chi connectivity index (χ4n) is 1.59. The number of halogens is 1. The second-order valence-corrected chi connectivity index (χ2v) is 4.43. The van der Waals surface area contributed by atoms with Gasteiger partial charge in [-0.25, -0.2) is 4.98 Å². The number of carbonyl (C=O) groups excluding carboxylic acids is 1. The van der Waals surface area contributed by atoms with Crippen molar-refractivity contribution in [1.29, 1.82) is 0 Å². The lowest BCUT2D eigenvalue weighted by atomic mass is 10.1. The van der Waals surface area contributed by atoms with Crippen molar-refractivity contribution >= 4 is 27.7 Å². The zero-order chi connectivity index (χ0) is 12.8. The quantitative estimate of drug-likeness (QED) is 0.637. The van der Waals surface area contributed by atoms with Gasteiger partial charge in [-0.15, -0.1) is 0 Å². The van der Waals surface area contributed by atoms with Crippen LogP contribution in [0.4, 0.5) is 5.95 Å². The molecule has 2 aromatic rings. The summed E-state index contributed by atoms with van der Waals surface area (Å²) in [5, 5.41) is 3.46. The fourth-order valence-corrected chi connectivity index (χ4v) is 1.90. The van der Waals surface area contributed by atoms with Crippen LogP contribution in [0.15, 0.2) is 36.5 Å². The van der Waals surface area contributed by atoms with Crippen LogP contribution in [-0.4, -0.2) is 27.6 Å². The van der Waals surface area contributed by atoms with Gasteiger partial charge in [-0.05, 0) is 12.0 Å². The molecule has 0 aliphatic heterocycles. The summed E-state index contributed by atoms with van der Waals surface area (Å²) in [5.74, 6) is 0.633. The largest absolute Gasteiger partial charge is 0.355 e.